The minimum absolute atomic E-state index is 0.0527. The number of rotatable bonds is 6. The molecule has 1 saturated heterocycles. The molecule has 2 aromatic heterocycles. The van der Waals surface area contributed by atoms with Crippen LogP contribution in [-0.4, -0.2) is 41.6 Å². The highest BCUT2D eigenvalue weighted by Crippen LogP contribution is 2.29. The second kappa shape index (κ2) is 9.16. The van der Waals surface area contributed by atoms with Crippen LogP contribution in [0.1, 0.15) is 58.2 Å². The summed E-state index contributed by atoms with van der Waals surface area (Å²) in [6, 6.07) is 4.30. The van der Waals surface area contributed by atoms with Crippen LogP contribution in [0.4, 0.5) is 0 Å². The first-order chi connectivity index (χ1) is 13.7. The largest absolute Gasteiger partial charge is 0.376 e. The smallest absolute Gasteiger partial charge is 0.252 e. The highest BCUT2D eigenvalue weighted by Gasteiger charge is 2.24. The van der Waals surface area contributed by atoms with Crippen molar-refractivity contribution in [3.8, 4) is 0 Å². The van der Waals surface area contributed by atoms with Crippen molar-refractivity contribution < 1.29 is 9.53 Å². The number of hydrogen-bond acceptors (Lipinski definition) is 5. The van der Waals surface area contributed by atoms with Crippen molar-refractivity contribution in [2.24, 2.45) is 0 Å². The van der Waals surface area contributed by atoms with Crippen molar-refractivity contribution in [3.05, 3.63) is 51.0 Å². The number of carbonyl (C=O) groups excluding carboxylic acids is 1. The van der Waals surface area contributed by atoms with Gasteiger partial charge in [-0.15, -0.1) is 11.3 Å². The lowest BCUT2D eigenvalue weighted by Crippen LogP contribution is -2.36. The molecule has 1 N–H and O–H groups in total. The number of hydrogen-bond donors (Lipinski definition) is 1. The van der Waals surface area contributed by atoms with Crippen molar-refractivity contribution in [3.63, 3.8) is 0 Å². The lowest BCUT2D eigenvalue weighted by molar-refractivity contribution is 0.0169. The highest BCUT2D eigenvalue weighted by atomic mass is 32.1. The molecule has 0 spiro atoms. The first kappa shape index (κ1) is 19.6. The quantitative estimate of drug-likeness (QED) is 0.807. The van der Waals surface area contributed by atoms with Gasteiger partial charge >= 0.3 is 0 Å². The lowest BCUT2D eigenvalue weighted by atomic mass is 10.0. The Morgan fingerprint density at radius 3 is 3.07 bits per heavy atom. The molecule has 5 nitrogen and oxygen atoms in total. The third kappa shape index (κ3) is 4.62. The van der Waals surface area contributed by atoms with Crippen LogP contribution < -0.4 is 5.32 Å². The van der Waals surface area contributed by atoms with Crippen molar-refractivity contribution in [1.82, 2.24) is 15.2 Å². The van der Waals surface area contributed by atoms with Gasteiger partial charge in [-0.05, 0) is 49.3 Å². The van der Waals surface area contributed by atoms with Crippen LogP contribution >= 0.6 is 11.3 Å². The molecule has 1 fully saturated rings. The van der Waals surface area contributed by atoms with Crippen LogP contribution in [0.2, 0.25) is 0 Å². The number of aryl methyl sites for hydroxylation is 1. The fourth-order valence-corrected chi connectivity index (χ4v) is 5.08. The molecule has 150 valence electrons. The molecule has 0 saturated carbocycles. The van der Waals surface area contributed by atoms with E-state index in [4.69, 9.17) is 4.74 Å². The van der Waals surface area contributed by atoms with E-state index in [1.54, 1.807) is 11.3 Å². The third-order valence-corrected chi connectivity index (χ3v) is 6.73. The van der Waals surface area contributed by atoms with E-state index in [1.165, 1.54) is 22.4 Å². The lowest BCUT2D eigenvalue weighted by Gasteiger charge is -2.27. The summed E-state index contributed by atoms with van der Waals surface area (Å²) >= 11 is 1.71. The highest BCUT2D eigenvalue weighted by molar-refractivity contribution is 7.10. The average Bonchev–Trinajstić information content (AvgIpc) is 3.17. The predicted octanol–water partition coefficient (Wildman–Crippen LogP) is 3.56. The number of pyridine rings is 1. The summed E-state index contributed by atoms with van der Waals surface area (Å²) in [5, 5.41) is 5.11. The van der Waals surface area contributed by atoms with Gasteiger partial charge in [0.15, 0.2) is 0 Å². The fourth-order valence-electron chi connectivity index (χ4n) is 3.96. The van der Waals surface area contributed by atoms with E-state index in [-0.39, 0.29) is 12.0 Å². The monoisotopic (exact) mass is 399 g/mol. The second-order valence-corrected chi connectivity index (χ2v) is 8.69. The molecule has 0 aromatic carbocycles. The number of nitrogens with one attached hydrogen (secondary N) is 1. The molecule has 0 aliphatic carbocycles. The van der Waals surface area contributed by atoms with E-state index in [0.717, 1.165) is 63.2 Å². The zero-order valence-corrected chi connectivity index (χ0v) is 17.4. The number of amides is 1. The summed E-state index contributed by atoms with van der Waals surface area (Å²) in [4.78, 5) is 21.0. The molecule has 28 heavy (non-hydrogen) atoms. The van der Waals surface area contributed by atoms with Crippen molar-refractivity contribution in [2.75, 3.05) is 19.7 Å². The summed E-state index contributed by atoms with van der Waals surface area (Å²) in [5.41, 5.74) is 4.48. The molecule has 0 unspecified atom stereocenters. The average molecular weight is 400 g/mol. The van der Waals surface area contributed by atoms with E-state index >= 15 is 0 Å². The Morgan fingerprint density at radius 1 is 1.39 bits per heavy atom. The van der Waals surface area contributed by atoms with Gasteiger partial charge in [-0.3, -0.25) is 14.7 Å². The Kier molecular flexibility index (Phi) is 6.40. The van der Waals surface area contributed by atoms with E-state index < -0.39 is 0 Å². The maximum Gasteiger partial charge on any atom is 0.252 e. The van der Waals surface area contributed by atoms with E-state index in [0.29, 0.717) is 6.54 Å². The van der Waals surface area contributed by atoms with Crippen molar-refractivity contribution in [2.45, 2.75) is 58.2 Å². The molecule has 1 atom stereocenters. The predicted molar refractivity (Wildman–Crippen MR) is 112 cm³/mol. The van der Waals surface area contributed by atoms with Crippen LogP contribution in [0.3, 0.4) is 0 Å². The van der Waals surface area contributed by atoms with Crippen molar-refractivity contribution in [1.29, 1.82) is 0 Å². The van der Waals surface area contributed by atoms with Gasteiger partial charge in [-0.25, -0.2) is 0 Å². The van der Waals surface area contributed by atoms with Gasteiger partial charge in [-0.2, -0.15) is 0 Å². The van der Waals surface area contributed by atoms with E-state index in [1.807, 2.05) is 11.6 Å². The Labute approximate surface area is 171 Å². The Hall–Kier alpha value is -1.76. The van der Waals surface area contributed by atoms with Gasteiger partial charge in [0.1, 0.15) is 0 Å². The topological polar surface area (TPSA) is 54.5 Å². The van der Waals surface area contributed by atoms with E-state index in [2.05, 4.69) is 34.3 Å². The number of ether oxygens (including phenoxy) is 1. The van der Waals surface area contributed by atoms with E-state index in [9.17, 15) is 4.79 Å². The van der Waals surface area contributed by atoms with Gasteiger partial charge in [0.2, 0.25) is 0 Å². The van der Waals surface area contributed by atoms with Crippen molar-refractivity contribution >= 4 is 17.2 Å². The van der Waals surface area contributed by atoms with Crippen LogP contribution in [0.15, 0.2) is 23.7 Å². The number of thiophene rings is 1. The van der Waals surface area contributed by atoms with Crippen LogP contribution in [0, 0.1) is 0 Å². The SMILES string of the molecule is CCc1ccc(CN2CCc3c(C(=O)NC[C@@H]4CCCCO4)csc3C2)nc1. The molecule has 0 radical (unpaired) electrons. The number of carbonyl (C=O) groups is 1. The molecule has 2 aliphatic rings. The van der Waals surface area contributed by atoms with Gasteiger partial charge in [0.05, 0.1) is 17.4 Å². The van der Waals surface area contributed by atoms with Gasteiger partial charge in [0, 0.05) is 49.2 Å². The summed E-state index contributed by atoms with van der Waals surface area (Å²) in [6.07, 6.45) is 7.48. The molecule has 4 rings (SSSR count). The Morgan fingerprint density at radius 2 is 2.32 bits per heavy atom. The first-order valence-electron chi connectivity index (χ1n) is 10.4. The standard InChI is InChI=1S/C22H29N3O2S/c1-2-16-6-7-17(23-11-16)13-25-9-8-19-20(15-28-21(19)14-25)22(26)24-12-18-5-3-4-10-27-18/h6-7,11,15,18H,2-5,8-10,12-14H2,1H3,(H,24,26)/t18-/m0/s1. The van der Waals surface area contributed by atoms with Crippen LogP contribution in [0.5, 0.6) is 0 Å². The van der Waals surface area contributed by atoms with Crippen LogP contribution in [-0.2, 0) is 30.7 Å². The maximum absolute atomic E-state index is 12.7. The molecule has 0 bridgehead atoms. The first-order valence-corrected chi connectivity index (χ1v) is 11.3. The zero-order valence-electron chi connectivity index (χ0n) is 16.6. The molecule has 1 amide bonds. The van der Waals surface area contributed by atoms with Gasteiger partial charge < -0.3 is 10.1 Å². The molecular weight excluding hydrogens is 370 g/mol. The molecule has 2 aromatic rings. The van der Waals surface area contributed by atoms with Crippen LogP contribution in [0.25, 0.3) is 0 Å². The molecule has 4 heterocycles. The third-order valence-electron chi connectivity index (χ3n) is 5.71. The number of aromatic nitrogens is 1. The number of nitrogens with zero attached hydrogens (tertiary/aromatic N) is 2. The Balaban J connectivity index is 1.33. The molecular formula is C22H29N3O2S. The summed E-state index contributed by atoms with van der Waals surface area (Å²) in [6.45, 7) is 6.32. The minimum atomic E-state index is 0.0527. The molecule has 2 aliphatic heterocycles. The second-order valence-electron chi connectivity index (χ2n) is 7.72. The van der Waals surface area contributed by atoms with Gasteiger partial charge in [0.25, 0.3) is 5.91 Å². The zero-order chi connectivity index (χ0) is 19.3. The molecule has 6 heteroatoms. The normalized spacial score (nSPS) is 20.0. The minimum Gasteiger partial charge on any atom is -0.376 e. The summed E-state index contributed by atoms with van der Waals surface area (Å²) in [5.74, 6) is 0.0527. The number of fused-ring (bicyclic) bond motifs is 1. The maximum atomic E-state index is 12.7. The fraction of sp³-hybridized carbons (Fsp3) is 0.545. The Bertz CT molecular complexity index is 797. The summed E-state index contributed by atoms with van der Waals surface area (Å²) < 4.78 is 5.72. The van der Waals surface area contributed by atoms with Gasteiger partial charge in [-0.1, -0.05) is 13.0 Å². The summed E-state index contributed by atoms with van der Waals surface area (Å²) in [7, 11) is 0.